The number of hydrogen-bond donors (Lipinski definition) is 2. The number of thiocarbonyl (C=S) groups is 1. The molecule has 3 N–H and O–H groups in total. The molecule has 0 atom stereocenters. The van der Waals surface area contributed by atoms with Crippen LogP contribution in [0.15, 0.2) is 12.1 Å². The lowest BCUT2D eigenvalue weighted by atomic mass is 10.1. The largest absolute Gasteiger partial charge is 0.433 e. The number of anilines is 1. The van der Waals surface area contributed by atoms with Gasteiger partial charge in [0.15, 0.2) is 0 Å². The lowest BCUT2D eigenvalue weighted by Crippen LogP contribution is -2.38. The van der Waals surface area contributed by atoms with Crippen molar-refractivity contribution in [1.82, 2.24) is 4.98 Å². The normalized spacial score (nSPS) is 17.3. The molecule has 1 aromatic rings. The highest BCUT2D eigenvalue weighted by Gasteiger charge is 2.34. The fraction of sp³-hybridized carbons (Fsp3) is 0.500. The fourth-order valence-electron chi connectivity index (χ4n) is 2.12. The lowest BCUT2D eigenvalue weighted by Gasteiger charge is -2.32. The van der Waals surface area contributed by atoms with Crippen molar-refractivity contribution in [3.63, 3.8) is 0 Å². The Morgan fingerprint density at radius 3 is 2.45 bits per heavy atom. The maximum atomic E-state index is 12.7. The number of aliphatic hydroxyl groups excluding tert-OH is 1. The van der Waals surface area contributed by atoms with E-state index in [9.17, 15) is 18.3 Å². The Morgan fingerprint density at radius 2 is 1.95 bits per heavy atom. The minimum absolute atomic E-state index is 0.00680. The number of hydrogen-bond acceptors (Lipinski definition) is 4. The average molecular weight is 305 g/mol. The van der Waals surface area contributed by atoms with Gasteiger partial charge in [-0.3, -0.25) is 0 Å². The van der Waals surface area contributed by atoms with Crippen LogP contribution in [0.5, 0.6) is 0 Å². The van der Waals surface area contributed by atoms with Gasteiger partial charge in [-0.15, -0.1) is 0 Å². The van der Waals surface area contributed by atoms with Crippen molar-refractivity contribution < 1.29 is 18.3 Å². The molecular formula is C12H14F3N3OS. The van der Waals surface area contributed by atoms with Gasteiger partial charge in [-0.05, 0) is 25.0 Å². The van der Waals surface area contributed by atoms with E-state index in [1.54, 1.807) is 4.90 Å². The zero-order chi connectivity index (χ0) is 14.9. The molecule has 1 fully saturated rings. The molecule has 0 amide bonds. The summed E-state index contributed by atoms with van der Waals surface area (Å²) in [7, 11) is 0. The van der Waals surface area contributed by atoms with E-state index in [-0.39, 0.29) is 10.8 Å². The topological polar surface area (TPSA) is 62.4 Å². The lowest BCUT2D eigenvalue weighted by molar-refractivity contribution is -0.141. The summed E-state index contributed by atoms with van der Waals surface area (Å²) < 4.78 is 38.2. The summed E-state index contributed by atoms with van der Waals surface area (Å²) in [6, 6.07) is 2.12. The number of aromatic nitrogens is 1. The van der Waals surface area contributed by atoms with Gasteiger partial charge in [0.2, 0.25) is 0 Å². The molecule has 1 saturated heterocycles. The van der Waals surface area contributed by atoms with E-state index in [4.69, 9.17) is 18.0 Å². The molecule has 2 rings (SSSR count). The fourth-order valence-corrected chi connectivity index (χ4v) is 2.28. The molecule has 0 unspecified atom stereocenters. The number of nitrogens with two attached hydrogens (primary N) is 1. The molecule has 8 heteroatoms. The van der Waals surface area contributed by atoms with Crippen LogP contribution in [0.4, 0.5) is 19.0 Å². The summed E-state index contributed by atoms with van der Waals surface area (Å²) in [4.78, 5) is 5.35. The Labute approximate surface area is 119 Å². The minimum atomic E-state index is -4.52. The second-order valence-corrected chi connectivity index (χ2v) is 5.09. The summed E-state index contributed by atoms with van der Waals surface area (Å²) in [5.41, 5.74) is 4.89. The summed E-state index contributed by atoms with van der Waals surface area (Å²) in [6.07, 6.45) is -3.98. The van der Waals surface area contributed by atoms with Gasteiger partial charge in [0.1, 0.15) is 16.5 Å². The molecule has 1 aliphatic heterocycles. The van der Waals surface area contributed by atoms with Crippen LogP contribution in [0, 0.1) is 0 Å². The number of aliphatic hydroxyl groups is 1. The van der Waals surface area contributed by atoms with E-state index < -0.39 is 18.0 Å². The number of alkyl halides is 3. The Kier molecular flexibility index (Phi) is 4.14. The third-order valence-electron chi connectivity index (χ3n) is 3.20. The van der Waals surface area contributed by atoms with Gasteiger partial charge in [0, 0.05) is 13.1 Å². The molecule has 2 heterocycles. The van der Waals surface area contributed by atoms with Gasteiger partial charge in [-0.2, -0.15) is 13.2 Å². The van der Waals surface area contributed by atoms with E-state index in [0.29, 0.717) is 31.5 Å². The zero-order valence-electron chi connectivity index (χ0n) is 10.5. The van der Waals surface area contributed by atoms with Gasteiger partial charge in [0.05, 0.1) is 11.7 Å². The molecule has 0 bridgehead atoms. The highest BCUT2D eigenvalue weighted by atomic mass is 32.1. The number of piperidine rings is 1. The predicted molar refractivity (Wildman–Crippen MR) is 72.6 cm³/mol. The standard InChI is InChI=1S/C12H14F3N3OS/c13-12(14,15)9-2-1-8(10(16)20)11(17-9)18-5-3-7(19)4-6-18/h1-2,7,19H,3-6H2,(H2,16,20). The monoisotopic (exact) mass is 305 g/mol. The van der Waals surface area contributed by atoms with E-state index in [1.807, 2.05) is 0 Å². The van der Waals surface area contributed by atoms with Crippen LogP contribution < -0.4 is 10.6 Å². The van der Waals surface area contributed by atoms with Crippen molar-refractivity contribution in [2.24, 2.45) is 5.73 Å². The summed E-state index contributed by atoms with van der Waals surface area (Å²) in [5, 5.41) is 9.46. The molecular weight excluding hydrogens is 291 g/mol. The summed E-state index contributed by atoms with van der Waals surface area (Å²) >= 11 is 4.86. The first-order valence-electron chi connectivity index (χ1n) is 6.10. The summed E-state index contributed by atoms with van der Waals surface area (Å²) in [5.74, 6) is 0.138. The van der Waals surface area contributed by atoms with Crippen molar-refractivity contribution in [3.05, 3.63) is 23.4 Å². The zero-order valence-corrected chi connectivity index (χ0v) is 11.3. The first kappa shape index (κ1) is 15.0. The Balaban J connectivity index is 2.39. The second-order valence-electron chi connectivity index (χ2n) is 4.65. The first-order chi connectivity index (χ1) is 9.29. The molecule has 0 aromatic carbocycles. The van der Waals surface area contributed by atoms with Gasteiger partial charge in [-0.25, -0.2) is 4.98 Å². The van der Waals surface area contributed by atoms with E-state index in [0.717, 1.165) is 6.07 Å². The molecule has 0 saturated carbocycles. The van der Waals surface area contributed by atoms with Crippen molar-refractivity contribution in [1.29, 1.82) is 0 Å². The SMILES string of the molecule is NC(=S)c1ccc(C(F)(F)F)nc1N1CCC(O)CC1. The van der Waals surface area contributed by atoms with Crippen LogP contribution in [-0.4, -0.2) is 34.3 Å². The van der Waals surface area contributed by atoms with Gasteiger partial charge in [0.25, 0.3) is 0 Å². The number of halogens is 3. The Morgan fingerprint density at radius 1 is 1.35 bits per heavy atom. The Bertz CT molecular complexity index is 513. The summed E-state index contributed by atoms with van der Waals surface area (Å²) in [6.45, 7) is 0.843. The third kappa shape index (κ3) is 3.18. The molecule has 1 aliphatic rings. The molecule has 20 heavy (non-hydrogen) atoms. The van der Waals surface area contributed by atoms with Crippen LogP contribution in [0.2, 0.25) is 0 Å². The molecule has 0 radical (unpaired) electrons. The van der Waals surface area contributed by atoms with E-state index in [1.165, 1.54) is 6.07 Å². The molecule has 0 spiro atoms. The van der Waals surface area contributed by atoms with Crippen LogP contribution in [0.1, 0.15) is 24.1 Å². The van der Waals surface area contributed by atoms with Crippen molar-refractivity contribution in [2.75, 3.05) is 18.0 Å². The van der Waals surface area contributed by atoms with Crippen LogP contribution in [-0.2, 0) is 6.18 Å². The van der Waals surface area contributed by atoms with Crippen molar-refractivity contribution >= 4 is 23.0 Å². The second kappa shape index (κ2) is 5.53. The van der Waals surface area contributed by atoms with Crippen LogP contribution in [0.3, 0.4) is 0 Å². The van der Waals surface area contributed by atoms with E-state index >= 15 is 0 Å². The van der Waals surface area contributed by atoms with Crippen molar-refractivity contribution in [2.45, 2.75) is 25.1 Å². The highest BCUT2D eigenvalue weighted by Crippen LogP contribution is 2.31. The molecule has 0 aliphatic carbocycles. The number of rotatable bonds is 2. The highest BCUT2D eigenvalue weighted by molar-refractivity contribution is 7.80. The van der Waals surface area contributed by atoms with E-state index in [2.05, 4.69) is 4.98 Å². The molecule has 110 valence electrons. The predicted octanol–water partition coefficient (Wildman–Crippen LogP) is 1.70. The number of nitrogens with zero attached hydrogens (tertiary/aromatic N) is 2. The van der Waals surface area contributed by atoms with Gasteiger partial charge < -0.3 is 15.7 Å². The van der Waals surface area contributed by atoms with Gasteiger partial charge >= 0.3 is 6.18 Å². The quantitative estimate of drug-likeness (QED) is 0.814. The van der Waals surface area contributed by atoms with Crippen molar-refractivity contribution in [3.8, 4) is 0 Å². The van der Waals surface area contributed by atoms with Gasteiger partial charge in [-0.1, -0.05) is 12.2 Å². The Hall–Kier alpha value is -1.41. The third-order valence-corrected chi connectivity index (χ3v) is 3.41. The minimum Gasteiger partial charge on any atom is -0.393 e. The van der Waals surface area contributed by atoms with Crippen LogP contribution in [0.25, 0.3) is 0 Å². The first-order valence-corrected chi connectivity index (χ1v) is 6.51. The van der Waals surface area contributed by atoms with Crippen LogP contribution >= 0.6 is 12.2 Å². The maximum absolute atomic E-state index is 12.7. The molecule has 1 aromatic heterocycles. The molecule has 4 nitrogen and oxygen atoms in total. The maximum Gasteiger partial charge on any atom is 0.433 e. The average Bonchev–Trinajstić information content (AvgIpc) is 2.37. The smallest absolute Gasteiger partial charge is 0.393 e. The number of pyridine rings is 1.